The van der Waals surface area contributed by atoms with Gasteiger partial charge in [0.05, 0.1) is 17.1 Å². The van der Waals surface area contributed by atoms with Gasteiger partial charge in [-0.05, 0) is 36.2 Å². The van der Waals surface area contributed by atoms with E-state index in [1.165, 1.54) is 5.56 Å². The maximum absolute atomic E-state index is 5.96. The van der Waals surface area contributed by atoms with Gasteiger partial charge in [-0.1, -0.05) is 24.1 Å². The van der Waals surface area contributed by atoms with Crippen molar-refractivity contribution in [3.8, 4) is 12.3 Å². The zero-order valence-corrected chi connectivity index (χ0v) is 12.2. The van der Waals surface area contributed by atoms with Gasteiger partial charge in [0.2, 0.25) is 0 Å². The fourth-order valence-electron chi connectivity index (χ4n) is 1.82. The fourth-order valence-corrected chi connectivity index (χ4v) is 2.45. The maximum atomic E-state index is 5.96. The molecule has 1 aromatic heterocycles. The van der Waals surface area contributed by atoms with Crippen molar-refractivity contribution < 1.29 is 0 Å². The van der Waals surface area contributed by atoms with Crippen LogP contribution >= 0.6 is 11.3 Å². The Labute approximate surface area is 123 Å². The Morgan fingerprint density at radius 1 is 1.35 bits per heavy atom. The van der Waals surface area contributed by atoms with Crippen LogP contribution in [0.4, 0.5) is 5.69 Å². The molecule has 1 heterocycles. The van der Waals surface area contributed by atoms with Crippen LogP contribution in [0.25, 0.3) is 0 Å². The SMILES string of the molecule is C#CCN(C)Cc1ccc(/N=C(\N)c2cccs2)cc1. The highest BCUT2D eigenvalue weighted by Crippen LogP contribution is 2.16. The number of terminal acetylenes is 1. The molecular weight excluding hydrogens is 266 g/mol. The van der Waals surface area contributed by atoms with E-state index in [2.05, 4.69) is 15.8 Å². The lowest BCUT2D eigenvalue weighted by Crippen LogP contribution is -2.17. The van der Waals surface area contributed by atoms with Gasteiger partial charge in [-0.15, -0.1) is 17.8 Å². The molecule has 3 nitrogen and oxygen atoms in total. The van der Waals surface area contributed by atoms with Crippen LogP contribution in [0.15, 0.2) is 46.8 Å². The van der Waals surface area contributed by atoms with Gasteiger partial charge in [0.15, 0.2) is 0 Å². The van der Waals surface area contributed by atoms with Gasteiger partial charge in [0, 0.05) is 6.54 Å². The van der Waals surface area contributed by atoms with Crippen molar-refractivity contribution in [2.75, 3.05) is 13.6 Å². The van der Waals surface area contributed by atoms with Gasteiger partial charge in [0.25, 0.3) is 0 Å². The summed E-state index contributed by atoms with van der Waals surface area (Å²) in [6.45, 7) is 1.47. The molecule has 2 aromatic rings. The number of thiophene rings is 1. The van der Waals surface area contributed by atoms with Crippen LogP contribution in [0.3, 0.4) is 0 Å². The highest BCUT2D eigenvalue weighted by atomic mass is 32.1. The van der Waals surface area contributed by atoms with E-state index in [0.717, 1.165) is 17.1 Å². The second-order valence-corrected chi connectivity index (χ2v) is 5.46. The molecule has 2 N–H and O–H groups in total. The number of rotatable bonds is 5. The molecule has 0 amide bonds. The molecule has 0 fully saturated rings. The predicted octanol–water partition coefficient (Wildman–Crippen LogP) is 2.85. The molecule has 0 bridgehead atoms. The largest absolute Gasteiger partial charge is 0.383 e. The minimum Gasteiger partial charge on any atom is -0.383 e. The molecule has 0 aliphatic rings. The van der Waals surface area contributed by atoms with Crippen molar-refractivity contribution in [3.63, 3.8) is 0 Å². The van der Waals surface area contributed by atoms with Crippen LogP contribution in [0.2, 0.25) is 0 Å². The Morgan fingerprint density at radius 3 is 2.70 bits per heavy atom. The topological polar surface area (TPSA) is 41.6 Å². The van der Waals surface area contributed by atoms with Crippen molar-refractivity contribution in [2.24, 2.45) is 10.7 Å². The standard InChI is InChI=1S/C16H17N3S/c1-3-10-19(2)12-13-6-8-14(9-7-13)18-16(17)15-5-4-11-20-15/h1,4-9,11H,10,12H2,2H3,(H2,17,18). The minimum absolute atomic E-state index is 0.553. The number of nitrogens with two attached hydrogens (primary N) is 1. The second kappa shape index (κ2) is 6.90. The number of hydrogen-bond donors (Lipinski definition) is 1. The summed E-state index contributed by atoms with van der Waals surface area (Å²) in [6.07, 6.45) is 5.29. The van der Waals surface area contributed by atoms with E-state index in [9.17, 15) is 0 Å². The minimum atomic E-state index is 0.553. The summed E-state index contributed by atoms with van der Waals surface area (Å²) in [5.74, 6) is 3.18. The third-order valence-corrected chi connectivity index (χ3v) is 3.67. The second-order valence-electron chi connectivity index (χ2n) is 4.52. The molecule has 4 heteroatoms. The van der Waals surface area contributed by atoms with Gasteiger partial charge in [-0.3, -0.25) is 4.90 Å². The number of benzene rings is 1. The van der Waals surface area contributed by atoms with E-state index >= 15 is 0 Å². The first-order valence-corrected chi connectivity index (χ1v) is 7.16. The molecular formula is C16H17N3S. The molecule has 102 valence electrons. The Morgan fingerprint density at radius 2 is 2.10 bits per heavy atom. The molecule has 0 saturated heterocycles. The van der Waals surface area contributed by atoms with Crippen LogP contribution in [0.5, 0.6) is 0 Å². The lowest BCUT2D eigenvalue weighted by molar-refractivity contribution is 0.369. The number of nitrogens with zero attached hydrogens (tertiary/aromatic N) is 2. The number of hydrogen-bond acceptors (Lipinski definition) is 3. The average molecular weight is 283 g/mol. The monoisotopic (exact) mass is 283 g/mol. The molecule has 20 heavy (non-hydrogen) atoms. The van der Waals surface area contributed by atoms with Gasteiger partial charge in [0.1, 0.15) is 5.84 Å². The predicted molar refractivity (Wildman–Crippen MR) is 86.3 cm³/mol. The van der Waals surface area contributed by atoms with Crippen molar-refractivity contribution in [1.29, 1.82) is 0 Å². The summed E-state index contributed by atoms with van der Waals surface area (Å²) < 4.78 is 0. The summed E-state index contributed by atoms with van der Waals surface area (Å²) in [4.78, 5) is 7.49. The summed E-state index contributed by atoms with van der Waals surface area (Å²) in [6, 6.07) is 12.0. The first kappa shape index (κ1) is 14.3. The van der Waals surface area contributed by atoms with Crippen LogP contribution in [-0.4, -0.2) is 24.3 Å². The van der Waals surface area contributed by atoms with Gasteiger partial charge >= 0.3 is 0 Å². The average Bonchev–Trinajstić information content (AvgIpc) is 2.95. The van der Waals surface area contributed by atoms with E-state index in [-0.39, 0.29) is 0 Å². The smallest absolute Gasteiger partial charge is 0.141 e. The molecule has 1 aromatic carbocycles. The molecule has 0 spiro atoms. The summed E-state index contributed by atoms with van der Waals surface area (Å²) in [5.41, 5.74) is 8.03. The molecule has 0 aliphatic carbocycles. The van der Waals surface area contributed by atoms with E-state index < -0.39 is 0 Å². The third kappa shape index (κ3) is 3.95. The quantitative estimate of drug-likeness (QED) is 0.521. The highest BCUT2D eigenvalue weighted by molar-refractivity contribution is 7.12. The summed E-state index contributed by atoms with van der Waals surface area (Å²) in [7, 11) is 2.00. The zero-order valence-electron chi connectivity index (χ0n) is 11.4. The van der Waals surface area contributed by atoms with Crippen molar-refractivity contribution in [3.05, 3.63) is 52.2 Å². The molecule has 0 atom stereocenters. The molecule has 2 rings (SSSR count). The van der Waals surface area contributed by atoms with E-state index in [1.807, 2.05) is 48.8 Å². The normalized spacial score (nSPS) is 11.6. The van der Waals surface area contributed by atoms with Gasteiger partial charge < -0.3 is 5.73 Å². The van der Waals surface area contributed by atoms with Gasteiger partial charge in [-0.2, -0.15) is 0 Å². The number of aliphatic imine (C=N–C) groups is 1. The Kier molecular flexibility index (Phi) is 4.94. The Bertz CT molecular complexity index is 606. The fraction of sp³-hybridized carbons (Fsp3) is 0.188. The lowest BCUT2D eigenvalue weighted by atomic mass is 10.2. The van der Waals surface area contributed by atoms with Gasteiger partial charge in [-0.25, -0.2) is 4.99 Å². The Balaban J connectivity index is 2.05. The number of amidine groups is 1. The molecule has 0 aliphatic heterocycles. The lowest BCUT2D eigenvalue weighted by Gasteiger charge is -2.12. The third-order valence-electron chi connectivity index (χ3n) is 2.77. The van der Waals surface area contributed by atoms with E-state index in [1.54, 1.807) is 11.3 Å². The maximum Gasteiger partial charge on any atom is 0.141 e. The van der Waals surface area contributed by atoms with Crippen molar-refractivity contribution in [1.82, 2.24) is 4.90 Å². The summed E-state index contributed by atoms with van der Waals surface area (Å²) >= 11 is 1.59. The molecule has 0 unspecified atom stereocenters. The van der Waals surface area contributed by atoms with Crippen molar-refractivity contribution >= 4 is 22.9 Å². The Hall–Kier alpha value is -2.09. The van der Waals surface area contributed by atoms with Crippen LogP contribution in [0, 0.1) is 12.3 Å². The van der Waals surface area contributed by atoms with Crippen molar-refractivity contribution in [2.45, 2.75) is 6.54 Å². The molecule has 0 radical (unpaired) electrons. The highest BCUT2D eigenvalue weighted by Gasteiger charge is 2.01. The zero-order chi connectivity index (χ0) is 14.4. The first-order valence-electron chi connectivity index (χ1n) is 6.28. The first-order chi connectivity index (χ1) is 9.69. The van der Waals surface area contributed by atoms with Crippen LogP contribution < -0.4 is 5.73 Å². The molecule has 0 saturated carbocycles. The summed E-state index contributed by atoms with van der Waals surface area (Å²) in [5, 5.41) is 1.99. The van der Waals surface area contributed by atoms with E-state index in [0.29, 0.717) is 12.4 Å². The van der Waals surface area contributed by atoms with E-state index in [4.69, 9.17) is 12.2 Å². The van der Waals surface area contributed by atoms with Crippen LogP contribution in [-0.2, 0) is 6.54 Å². The van der Waals surface area contributed by atoms with Crippen LogP contribution in [0.1, 0.15) is 10.4 Å².